The van der Waals surface area contributed by atoms with Gasteiger partial charge in [0.15, 0.2) is 0 Å². The number of nitrogens with one attached hydrogen (secondary N) is 1. The first-order valence-electron chi connectivity index (χ1n) is 5.45. The van der Waals surface area contributed by atoms with E-state index in [1.54, 1.807) is 20.8 Å². The van der Waals surface area contributed by atoms with Crippen molar-refractivity contribution in [1.82, 2.24) is 5.48 Å². The molecule has 0 fully saturated rings. The Balaban J connectivity index is 2.71. The standard InChI is InChI=1S/C12H12Cl3NO4/c1-12(2,3)19-11(18)16-20-10(17)9-7(14)4-6(13)5-8(9)15/h4-5H,1-3H3,(H,16,18). The number of carbonyl (C=O) groups excluding carboxylic acids is 2. The van der Waals surface area contributed by atoms with Crippen molar-refractivity contribution >= 4 is 46.9 Å². The zero-order chi connectivity index (χ0) is 15.5. The van der Waals surface area contributed by atoms with Crippen molar-refractivity contribution in [3.63, 3.8) is 0 Å². The van der Waals surface area contributed by atoms with Crippen LogP contribution in [0, 0.1) is 0 Å². The van der Waals surface area contributed by atoms with Gasteiger partial charge < -0.3 is 9.57 Å². The Morgan fingerprint density at radius 2 is 1.60 bits per heavy atom. The number of amides is 1. The third-order valence-electron chi connectivity index (χ3n) is 1.84. The van der Waals surface area contributed by atoms with E-state index in [0.29, 0.717) is 0 Å². The second-order valence-electron chi connectivity index (χ2n) is 4.74. The molecule has 0 aliphatic carbocycles. The van der Waals surface area contributed by atoms with Gasteiger partial charge in [0.25, 0.3) is 0 Å². The van der Waals surface area contributed by atoms with Crippen LogP contribution in [0.1, 0.15) is 31.1 Å². The number of carbonyl (C=O) groups is 2. The van der Waals surface area contributed by atoms with Gasteiger partial charge in [-0.05, 0) is 32.9 Å². The molecule has 0 radical (unpaired) electrons. The fourth-order valence-electron chi connectivity index (χ4n) is 1.18. The molecule has 0 spiro atoms. The summed E-state index contributed by atoms with van der Waals surface area (Å²) in [6.45, 7) is 5.00. The van der Waals surface area contributed by atoms with Gasteiger partial charge in [-0.1, -0.05) is 34.8 Å². The normalized spacial score (nSPS) is 10.9. The lowest BCUT2D eigenvalue weighted by atomic mass is 10.2. The van der Waals surface area contributed by atoms with Gasteiger partial charge in [0.2, 0.25) is 0 Å². The first kappa shape index (κ1) is 16.9. The van der Waals surface area contributed by atoms with Crippen molar-refractivity contribution in [3.05, 3.63) is 32.8 Å². The van der Waals surface area contributed by atoms with Crippen LogP contribution in [-0.2, 0) is 9.57 Å². The summed E-state index contributed by atoms with van der Waals surface area (Å²) in [5.74, 6) is -0.928. The van der Waals surface area contributed by atoms with E-state index in [2.05, 4.69) is 4.84 Å². The fourth-order valence-corrected chi connectivity index (χ4v) is 2.15. The number of hydroxylamine groups is 1. The Morgan fingerprint density at radius 1 is 1.10 bits per heavy atom. The van der Waals surface area contributed by atoms with Gasteiger partial charge in [0.1, 0.15) is 5.60 Å². The average molecular weight is 341 g/mol. The van der Waals surface area contributed by atoms with Gasteiger partial charge in [0.05, 0.1) is 15.6 Å². The fraction of sp³-hybridized carbons (Fsp3) is 0.333. The van der Waals surface area contributed by atoms with E-state index in [1.807, 2.05) is 5.48 Å². The molecule has 0 saturated heterocycles. The molecule has 0 unspecified atom stereocenters. The highest BCUT2D eigenvalue weighted by Gasteiger charge is 2.21. The molecule has 1 aromatic carbocycles. The van der Waals surface area contributed by atoms with E-state index in [1.165, 1.54) is 12.1 Å². The first-order valence-corrected chi connectivity index (χ1v) is 6.58. The molecular formula is C12H12Cl3NO4. The topological polar surface area (TPSA) is 64.6 Å². The molecule has 1 N–H and O–H groups in total. The summed E-state index contributed by atoms with van der Waals surface area (Å²) in [4.78, 5) is 27.6. The third-order valence-corrected chi connectivity index (χ3v) is 2.65. The number of ether oxygens (including phenoxy) is 1. The zero-order valence-electron chi connectivity index (χ0n) is 10.9. The number of halogens is 3. The second kappa shape index (κ2) is 6.52. The lowest BCUT2D eigenvalue weighted by molar-refractivity contribution is -0.00128. The molecule has 0 heterocycles. The summed E-state index contributed by atoms with van der Waals surface area (Å²) < 4.78 is 4.89. The monoisotopic (exact) mass is 339 g/mol. The first-order chi connectivity index (χ1) is 9.10. The van der Waals surface area contributed by atoms with Crippen LogP contribution in [0.3, 0.4) is 0 Å². The van der Waals surface area contributed by atoms with Crippen LogP contribution in [-0.4, -0.2) is 17.7 Å². The number of hydrogen-bond acceptors (Lipinski definition) is 4. The third kappa shape index (κ3) is 5.07. The van der Waals surface area contributed by atoms with Crippen LogP contribution in [0.4, 0.5) is 4.79 Å². The maximum atomic E-state index is 11.8. The molecule has 0 saturated carbocycles. The predicted octanol–water partition coefficient (Wildman–Crippen LogP) is 4.24. The average Bonchev–Trinajstić information content (AvgIpc) is 2.22. The van der Waals surface area contributed by atoms with Crippen LogP contribution in [0.25, 0.3) is 0 Å². The largest absolute Gasteiger partial charge is 0.442 e. The minimum atomic E-state index is -0.928. The van der Waals surface area contributed by atoms with Crippen LogP contribution in [0.15, 0.2) is 12.1 Å². The minimum Gasteiger partial charge on any atom is -0.442 e. The van der Waals surface area contributed by atoms with E-state index in [0.717, 1.165) is 0 Å². The van der Waals surface area contributed by atoms with Crippen molar-refractivity contribution in [1.29, 1.82) is 0 Å². The zero-order valence-corrected chi connectivity index (χ0v) is 13.2. The van der Waals surface area contributed by atoms with Gasteiger partial charge in [0, 0.05) is 5.02 Å². The smallest absolute Gasteiger partial charge is 0.441 e. The molecule has 1 aromatic rings. The van der Waals surface area contributed by atoms with Gasteiger partial charge in [-0.25, -0.2) is 9.59 Å². The van der Waals surface area contributed by atoms with Crippen LogP contribution in [0.5, 0.6) is 0 Å². The Kier molecular flexibility index (Phi) is 5.50. The number of rotatable bonds is 1. The number of benzene rings is 1. The summed E-state index contributed by atoms with van der Waals surface area (Å²) in [6.07, 6.45) is -0.910. The molecule has 1 amide bonds. The highest BCUT2D eigenvalue weighted by molar-refractivity contribution is 6.41. The molecule has 0 aliphatic rings. The molecule has 20 heavy (non-hydrogen) atoms. The molecule has 0 bridgehead atoms. The predicted molar refractivity (Wildman–Crippen MR) is 76.3 cm³/mol. The molecule has 5 nitrogen and oxygen atoms in total. The Bertz CT molecular complexity index is 517. The van der Waals surface area contributed by atoms with Crippen molar-refractivity contribution in [2.24, 2.45) is 0 Å². The lowest BCUT2D eigenvalue weighted by Crippen LogP contribution is -2.34. The van der Waals surface area contributed by atoms with E-state index < -0.39 is 17.7 Å². The highest BCUT2D eigenvalue weighted by atomic mass is 35.5. The van der Waals surface area contributed by atoms with E-state index in [-0.39, 0.29) is 20.6 Å². The Labute approximate surface area is 131 Å². The van der Waals surface area contributed by atoms with Gasteiger partial charge in [-0.2, -0.15) is 0 Å². The summed E-state index contributed by atoms with van der Waals surface area (Å²) in [5.41, 5.74) is 1.03. The van der Waals surface area contributed by atoms with E-state index in [9.17, 15) is 9.59 Å². The molecule has 0 atom stereocenters. The van der Waals surface area contributed by atoms with Crippen LogP contribution in [0.2, 0.25) is 15.1 Å². The Hall–Kier alpha value is -1.17. The maximum absolute atomic E-state index is 11.8. The summed E-state index contributed by atoms with van der Waals surface area (Å²) >= 11 is 17.4. The highest BCUT2D eigenvalue weighted by Crippen LogP contribution is 2.29. The molecular weight excluding hydrogens is 328 g/mol. The van der Waals surface area contributed by atoms with Crippen molar-refractivity contribution in [2.75, 3.05) is 0 Å². The number of hydrogen-bond donors (Lipinski definition) is 1. The van der Waals surface area contributed by atoms with Crippen LogP contribution < -0.4 is 5.48 Å². The Morgan fingerprint density at radius 3 is 2.05 bits per heavy atom. The van der Waals surface area contributed by atoms with E-state index in [4.69, 9.17) is 39.5 Å². The SMILES string of the molecule is CC(C)(C)OC(=O)NOC(=O)c1c(Cl)cc(Cl)cc1Cl. The quantitative estimate of drug-likeness (QED) is 0.776. The van der Waals surface area contributed by atoms with E-state index >= 15 is 0 Å². The molecule has 0 aliphatic heterocycles. The summed E-state index contributed by atoms with van der Waals surface area (Å²) in [5, 5.41) is 0.300. The van der Waals surface area contributed by atoms with Gasteiger partial charge in [-0.15, -0.1) is 5.48 Å². The van der Waals surface area contributed by atoms with Crippen molar-refractivity contribution in [3.8, 4) is 0 Å². The molecule has 0 aromatic heterocycles. The minimum absolute atomic E-state index is 0.0125. The molecule has 1 rings (SSSR count). The van der Waals surface area contributed by atoms with Crippen LogP contribution >= 0.6 is 34.8 Å². The molecule has 110 valence electrons. The van der Waals surface area contributed by atoms with Gasteiger partial charge >= 0.3 is 12.1 Å². The van der Waals surface area contributed by atoms with Crippen molar-refractivity contribution < 1.29 is 19.2 Å². The summed E-state index contributed by atoms with van der Waals surface area (Å²) in [7, 11) is 0. The lowest BCUT2D eigenvalue weighted by Gasteiger charge is -2.19. The summed E-state index contributed by atoms with van der Waals surface area (Å²) in [6, 6.07) is 2.66. The second-order valence-corrected chi connectivity index (χ2v) is 5.99. The molecule has 8 heteroatoms. The maximum Gasteiger partial charge on any atom is 0.441 e. The van der Waals surface area contributed by atoms with Crippen molar-refractivity contribution in [2.45, 2.75) is 26.4 Å². The van der Waals surface area contributed by atoms with Gasteiger partial charge in [-0.3, -0.25) is 0 Å².